The average Bonchev–Trinajstić information content (AvgIpc) is 3.10. The summed E-state index contributed by atoms with van der Waals surface area (Å²) in [5.74, 6) is -0.270. The van der Waals surface area contributed by atoms with E-state index in [2.05, 4.69) is 11.1 Å². The molecule has 0 fully saturated rings. The summed E-state index contributed by atoms with van der Waals surface area (Å²) in [5.41, 5.74) is 1.07. The zero-order chi connectivity index (χ0) is 18.7. The second-order valence-electron chi connectivity index (χ2n) is 5.36. The number of Topliss-reactive ketones (excluding diaryl/α,β-unsaturated/α-hetero) is 1. The summed E-state index contributed by atoms with van der Waals surface area (Å²) >= 11 is 1.34. The molecule has 0 aliphatic carbocycles. The minimum Gasteiger partial charge on any atom is -0.493 e. The summed E-state index contributed by atoms with van der Waals surface area (Å²) in [7, 11) is 4.43. The third-order valence-electron chi connectivity index (χ3n) is 3.90. The lowest BCUT2D eigenvalue weighted by molar-refractivity contribution is 0.0978. The molecule has 0 unspecified atom stereocenters. The molecule has 0 amide bonds. The van der Waals surface area contributed by atoms with E-state index in [0.29, 0.717) is 27.8 Å². The van der Waals surface area contributed by atoms with E-state index in [-0.39, 0.29) is 5.78 Å². The maximum absolute atomic E-state index is 13.0. The number of thiazole rings is 1. The van der Waals surface area contributed by atoms with Crippen LogP contribution in [0.4, 0.5) is 0 Å². The number of carbonyl (C=O) groups is 1. The first-order chi connectivity index (χ1) is 12.6. The Labute approximate surface area is 154 Å². The molecule has 132 valence electrons. The Balaban J connectivity index is 2.05. The highest BCUT2D eigenvalue weighted by atomic mass is 32.1. The van der Waals surface area contributed by atoms with Gasteiger partial charge in [0.25, 0.3) is 0 Å². The van der Waals surface area contributed by atoms with Gasteiger partial charge in [-0.15, -0.1) is 11.3 Å². The van der Waals surface area contributed by atoms with Crippen LogP contribution in [0.3, 0.4) is 0 Å². The number of nitrogens with zero attached hydrogens (tertiary/aromatic N) is 2. The molecule has 0 aliphatic rings. The second kappa shape index (κ2) is 7.42. The molecule has 0 bridgehead atoms. The zero-order valence-electron chi connectivity index (χ0n) is 14.5. The summed E-state index contributed by atoms with van der Waals surface area (Å²) in [6, 6.07) is 12.7. The van der Waals surface area contributed by atoms with E-state index in [9.17, 15) is 10.1 Å². The van der Waals surface area contributed by atoms with Crippen LogP contribution in [0, 0.1) is 11.3 Å². The van der Waals surface area contributed by atoms with Gasteiger partial charge in [-0.25, -0.2) is 4.98 Å². The van der Waals surface area contributed by atoms with E-state index in [4.69, 9.17) is 14.2 Å². The van der Waals surface area contributed by atoms with Crippen molar-refractivity contribution in [2.45, 2.75) is 5.92 Å². The van der Waals surface area contributed by atoms with Gasteiger partial charge in [-0.05, 0) is 24.3 Å². The first-order valence-electron chi connectivity index (χ1n) is 7.72. The number of fused-ring (bicyclic) bond motifs is 1. The Hall–Kier alpha value is -3.11. The van der Waals surface area contributed by atoms with Crippen LogP contribution in [0.2, 0.25) is 0 Å². The van der Waals surface area contributed by atoms with Crippen LogP contribution < -0.4 is 14.2 Å². The van der Waals surface area contributed by atoms with Crippen LogP contribution in [0.1, 0.15) is 21.3 Å². The predicted molar refractivity (Wildman–Crippen MR) is 98.4 cm³/mol. The lowest BCUT2D eigenvalue weighted by Gasteiger charge is -2.14. The zero-order valence-corrected chi connectivity index (χ0v) is 15.3. The molecule has 1 heterocycles. The lowest BCUT2D eigenvalue weighted by atomic mass is 9.98. The molecule has 26 heavy (non-hydrogen) atoms. The molecule has 0 aliphatic heterocycles. The molecule has 0 saturated heterocycles. The summed E-state index contributed by atoms with van der Waals surface area (Å²) in [6.07, 6.45) is 0. The quantitative estimate of drug-likeness (QED) is 0.615. The molecule has 3 rings (SSSR count). The standard InChI is InChI=1S/C19H16N2O4S/c1-23-14-8-11(9-15(24-2)18(14)25-3)17(22)12(10-20)19-21-13-6-4-5-7-16(13)26-19/h4-9,12H,1-3H3/t12-/m0/s1. The third-order valence-corrected chi connectivity index (χ3v) is 5.00. The number of aromatic nitrogens is 1. The van der Waals surface area contributed by atoms with Gasteiger partial charge < -0.3 is 14.2 Å². The topological polar surface area (TPSA) is 81.4 Å². The smallest absolute Gasteiger partial charge is 0.203 e. The summed E-state index contributed by atoms with van der Waals surface area (Å²) in [4.78, 5) is 17.4. The van der Waals surface area contributed by atoms with Crippen molar-refractivity contribution in [1.29, 1.82) is 5.26 Å². The minimum atomic E-state index is -1.00. The van der Waals surface area contributed by atoms with E-state index in [1.54, 1.807) is 12.1 Å². The van der Waals surface area contributed by atoms with Crippen molar-refractivity contribution in [1.82, 2.24) is 4.98 Å². The van der Waals surface area contributed by atoms with Gasteiger partial charge in [0.1, 0.15) is 5.01 Å². The fourth-order valence-corrected chi connectivity index (χ4v) is 3.64. The molecule has 1 atom stereocenters. The molecule has 1 aromatic heterocycles. The first kappa shape index (κ1) is 17.7. The monoisotopic (exact) mass is 368 g/mol. The van der Waals surface area contributed by atoms with Crippen molar-refractivity contribution < 1.29 is 19.0 Å². The van der Waals surface area contributed by atoms with Gasteiger partial charge in [0, 0.05) is 5.56 Å². The van der Waals surface area contributed by atoms with Crippen molar-refractivity contribution in [3.05, 3.63) is 47.0 Å². The highest BCUT2D eigenvalue weighted by molar-refractivity contribution is 7.18. The van der Waals surface area contributed by atoms with Crippen LogP contribution in [-0.4, -0.2) is 32.1 Å². The fourth-order valence-electron chi connectivity index (χ4n) is 2.63. The van der Waals surface area contributed by atoms with Gasteiger partial charge in [0.2, 0.25) is 5.75 Å². The van der Waals surface area contributed by atoms with Crippen LogP contribution in [0.25, 0.3) is 10.2 Å². The molecule has 0 radical (unpaired) electrons. The number of ether oxygens (including phenoxy) is 3. The molecule has 6 nitrogen and oxygen atoms in total. The predicted octanol–water partition coefficient (Wildman–Crippen LogP) is 3.81. The van der Waals surface area contributed by atoms with Gasteiger partial charge in [0.15, 0.2) is 23.2 Å². The lowest BCUT2D eigenvalue weighted by Crippen LogP contribution is -2.12. The second-order valence-corrected chi connectivity index (χ2v) is 6.42. The average molecular weight is 368 g/mol. The number of rotatable bonds is 6. The Morgan fingerprint density at radius 3 is 2.31 bits per heavy atom. The number of ketones is 1. The molecule has 0 saturated carbocycles. The minimum absolute atomic E-state index is 0.297. The molecular weight excluding hydrogens is 352 g/mol. The fraction of sp³-hybridized carbons (Fsp3) is 0.211. The number of nitriles is 1. The first-order valence-corrected chi connectivity index (χ1v) is 8.53. The van der Waals surface area contributed by atoms with Crippen LogP contribution in [0.15, 0.2) is 36.4 Å². The van der Waals surface area contributed by atoms with Crippen molar-refractivity contribution in [2.24, 2.45) is 0 Å². The number of para-hydroxylation sites is 1. The van der Waals surface area contributed by atoms with Gasteiger partial charge in [-0.3, -0.25) is 4.79 Å². The number of hydrogen-bond acceptors (Lipinski definition) is 7. The highest BCUT2D eigenvalue weighted by Crippen LogP contribution is 2.39. The Bertz CT molecular complexity index is 948. The van der Waals surface area contributed by atoms with Gasteiger partial charge in [-0.2, -0.15) is 5.26 Å². The summed E-state index contributed by atoms with van der Waals surface area (Å²) in [6.45, 7) is 0. The molecule has 7 heteroatoms. The van der Waals surface area contributed by atoms with Crippen molar-refractivity contribution in [2.75, 3.05) is 21.3 Å². The molecular formula is C19H16N2O4S. The number of hydrogen-bond donors (Lipinski definition) is 0. The Kier molecular flexibility index (Phi) is 5.05. The molecule has 2 aromatic carbocycles. The number of carbonyl (C=O) groups excluding carboxylic acids is 1. The maximum Gasteiger partial charge on any atom is 0.203 e. The van der Waals surface area contributed by atoms with Crippen LogP contribution >= 0.6 is 11.3 Å². The molecule has 0 N–H and O–H groups in total. The van der Waals surface area contributed by atoms with Crippen molar-refractivity contribution in [3.8, 4) is 23.3 Å². The number of benzene rings is 2. The van der Waals surface area contributed by atoms with Gasteiger partial charge in [0.05, 0.1) is 37.6 Å². The van der Waals surface area contributed by atoms with E-state index in [1.807, 2.05) is 24.3 Å². The van der Waals surface area contributed by atoms with Crippen LogP contribution in [-0.2, 0) is 0 Å². The maximum atomic E-state index is 13.0. The molecule has 0 spiro atoms. The number of methoxy groups -OCH3 is 3. The van der Waals surface area contributed by atoms with Crippen molar-refractivity contribution in [3.63, 3.8) is 0 Å². The van der Waals surface area contributed by atoms with E-state index >= 15 is 0 Å². The van der Waals surface area contributed by atoms with Gasteiger partial charge >= 0.3 is 0 Å². The summed E-state index contributed by atoms with van der Waals surface area (Å²) in [5, 5.41) is 10.1. The van der Waals surface area contributed by atoms with Crippen molar-refractivity contribution >= 4 is 27.3 Å². The highest BCUT2D eigenvalue weighted by Gasteiger charge is 2.27. The van der Waals surface area contributed by atoms with E-state index in [0.717, 1.165) is 10.2 Å². The molecule has 3 aromatic rings. The van der Waals surface area contributed by atoms with Crippen LogP contribution in [0.5, 0.6) is 17.2 Å². The Morgan fingerprint density at radius 2 is 1.77 bits per heavy atom. The van der Waals surface area contributed by atoms with E-state index in [1.165, 1.54) is 32.7 Å². The van der Waals surface area contributed by atoms with E-state index < -0.39 is 5.92 Å². The SMILES string of the molecule is COc1cc(C(=O)[C@H](C#N)c2nc3ccccc3s2)cc(OC)c1OC. The summed E-state index contributed by atoms with van der Waals surface area (Å²) < 4.78 is 16.8. The third kappa shape index (κ3) is 3.07. The Morgan fingerprint density at radius 1 is 1.12 bits per heavy atom. The van der Waals surface area contributed by atoms with Gasteiger partial charge in [-0.1, -0.05) is 12.1 Å². The largest absolute Gasteiger partial charge is 0.493 e. The normalized spacial score (nSPS) is 11.6.